The molecule has 0 aromatic heterocycles. The summed E-state index contributed by atoms with van der Waals surface area (Å²) in [5.41, 5.74) is 1.30. The van der Waals surface area contributed by atoms with Gasteiger partial charge in [-0.2, -0.15) is 13.2 Å². The summed E-state index contributed by atoms with van der Waals surface area (Å²) in [6.45, 7) is 0.0743. The second kappa shape index (κ2) is 8.53. The van der Waals surface area contributed by atoms with Gasteiger partial charge in [-0.05, 0) is 42.3 Å². The predicted molar refractivity (Wildman–Crippen MR) is 90.8 cm³/mol. The van der Waals surface area contributed by atoms with E-state index in [1.54, 1.807) is 0 Å². The molecule has 2 aromatic carbocycles. The quantitative estimate of drug-likeness (QED) is 0.716. The molecular formula is C18H16F5NOS. The van der Waals surface area contributed by atoms with Gasteiger partial charge in [-0.25, -0.2) is 8.78 Å². The van der Waals surface area contributed by atoms with Gasteiger partial charge in [0.1, 0.15) is 18.2 Å². The molecule has 2 rings (SSSR count). The van der Waals surface area contributed by atoms with Gasteiger partial charge in [-0.15, -0.1) is 11.8 Å². The summed E-state index contributed by atoms with van der Waals surface area (Å²) in [5, 5.41) is 0.567. The maximum atomic E-state index is 13.2. The minimum absolute atomic E-state index is 0.437. The van der Waals surface area contributed by atoms with Crippen LogP contribution in [0.5, 0.6) is 0 Å². The van der Waals surface area contributed by atoms with Crippen LogP contribution in [0.15, 0.2) is 48.5 Å². The van der Waals surface area contributed by atoms with Crippen LogP contribution in [-0.4, -0.2) is 23.9 Å². The fraction of sp³-hybridized carbons (Fsp3) is 0.278. The second-order valence-corrected chi connectivity index (χ2v) is 7.05. The molecule has 0 radical (unpaired) electrons. The third-order valence-corrected chi connectivity index (χ3v) is 4.96. The van der Waals surface area contributed by atoms with Crippen molar-refractivity contribution in [3.63, 3.8) is 0 Å². The van der Waals surface area contributed by atoms with Gasteiger partial charge in [0.2, 0.25) is 5.91 Å². The van der Waals surface area contributed by atoms with Gasteiger partial charge in [0.15, 0.2) is 0 Å². The first-order chi connectivity index (χ1) is 12.2. The zero-order valence-corrected chi connectivity index (χ0v) is 14.5. The van der Waals surface area contributed by atoms with Gasteiger partial charge in [0, 0.05) is 0 Å². The van der Waals surface area contributed by atoms with Gasteiger partial charge in [-0.3, -0.25) is 4.79 Å². The molecule has 0 saturated carbocycles. The van der Waals surface area contributed by atoms with E-state index >= 15 is 0 Å². The minimum atomic E-state index is -4.49. The molecule has 0 saturated heterocycles. The van der Waals surface area contributed by atoms with E-state index in [1.807, 2.05) is 5.32 Å². The average molecular weight is 389 g/mol. The maximum Gasteiger partial charge on any atom is 0.405 e. The number of hydrogen-bond donors (Lipinski definition) is 1. The fourth-order valence-electron chi connectivity index (χ4n) is 2.22. The Labute approximate surface area is 151 Å². The molecule has 0 aliphatic carbocycles. The first kappa shape index (κ1) is 20.2. The van der Waals surface area contributed by atoms with E-state index in [0.717, 1.165) is 11.8 Å². The van der Waals surface area contributed by atoms with Gasteiger partial charge in [0.25, 0.3) is 0 Å². The van der Waals surface area contributed by atoms with Crippen molar-refractivity contribution in [3.8, 4) is 0 Å². The van der Waals surface area contributed by atoms with Crippen LogP contribution >= 0.6 is 11.8 Å². The molecule has 0 aliphatic heterocycles. The first-order valence-electron chi connectivity index (χ1n) is 7.66. The monoisotopic (exact) mass is 389 g/mol. The molecule has 0 spiro atoms. The van der Waals surface area contributed by atoms with Crippen LogP contribution < -0.4 is 5.32 Å². The summed E-state index contributed by atoms with van der Waals surface area (Å²) in [6, 6.07) is 11.1. The highest BCUT2D eigenvalue weighted by molar-refractivity contribution is 8.01. The van der Waals surface area contributed by atoms with Gasteiger partial charge in [0.05, 0.1) is 10.5 Å². The molecule has 0 heterocycles. The molecule has 1 N–H and O–H groups in total. The zero-order valence-electron chi connectivity index (χ0n) is 13.7. The number of benzene rings is 2. The van der Waals surface area contributed by atoms with Crippen LogP contribution in [0, 0.1) is 11.6 Å². The highest BCUT2D eigenvalue weighted by atomic mass is 32.2. The Morgan fingerprint density at radius 2 is 1.38 bits per heavy atom. The third-order valence-electron chi connectivity index (χ3n) is 3.52. The van der Waals surface area contributed by atoms with E-state index in [0.29, 0.717) is 11.1 Å². The van der Waals surface area contributed by atoms with Crippen molar-refractivity contribution in [2.45, 2.75) is 23.6 Å². The number of hydrogen-bond acceptors (Lipinski definition) is 2. The van der Waals surface area contributed by atoms with Crippen molar-refractivity contribution >= 4 is 17.7 Å². The van der Waals surface area contributed by atoms with Gasteiger partial charge >= 0.3 is 6.18 Å². The highest BCUT2D eigenvalue weighted by Gasteiger charge is 2.30. The summed E-state index contributed by atoms with van der Waals surface area (Å²) in [6.07, 6.45) is -4.49. The molecular weight excluding hydrogens is 373 g/mol. The summed E-state index contributed by atoms with van der Waals surface area (Å²) < 4.78 is 63.1. The van der Waals surface area contributed by atoms with Crippen molar-refractivity contribution in [2.75, 3.05) is 6.54 Å². The molecule has 140 valence electrons. The molecule has 0 aliphatic rings. The summed E-state index contributed by atoms with van der Waals surface area (Å²) >= 11 is 1.10. The van der Waals surface area contributed by atoms with Crippen molar-refractivity contribution < 1.29 is 26.7 Å². The van der Waals surface area contributed by atoms with E-state index in [2.05, 4.69) is 0 Å². The predicted octanol–water partition coefficient (Wildman–Crippen LogP) is 4.85. The number of halogens is 5. The molecule has 1 unspecified atom stereocenters. The van der Waals surface area contributed by atoms with Crippen molar-refractivity contribution in [1.82, 2.24) is 5.32 Å². The minimum Gasteiger partial charge on any atom is -0.346 e. The summed E-state index contributed by atoms with van der Waals surface area (Å²) in [4.78, 5) is 11.9. The maximum absolute atomic E-state index is 13.2. The SMILES string of the molecule is CC(SC(c1ccc(F)cc1)c1ccc(F)cc1)C(=O)NCC(F)(F)F. The number of rotatable bonds is 6. The van der Waals surface area contributed by atoms with Crippen molar-refractivity contribution in [2.24, 2.45) is 0 Å². The topological polar surface area (TPSA) is 29.1 Å². The normalized spacial score (nSPS) is 12.9. The lowest BCUT2D eigenvalue weighted by Gasteiger charge is -2.22. The Morgan fingerprint density at radius 1 is 0.962 bits per heavy atom. The fourth-order valence-corrected chi connectivity index (χ4v) is 3.47. The Bertz CT molecular complexity index is 685. The molecule has 1 atom stereocenters. The van der Waals surface area contributed by atoms with Crippen molar-refractivity contribution in [3.05, 3.63) is 71.3 Å². The van der Waals surface area contributed by atoms with Crippen LogP contribution in [-0.2, 0) is 4.79 Å². The standard InChI is InChI=1S/C18H16F5NOS/c1-11(17(25)24-10-18(21,22)23)26-16(12-2-6-14(19)7-3-12)13-4-8-15(20)9-5-13/h2-9,11,16H,10H2,1H3,(H,24,25). The van der Waals surface area contributed by atoms with E-state index in [9.17, 15) is 26.7 Å². The largest absolute Gasteiger partial charge is 0.405 e. The smallest absolute Gasteiger partial charge is 0.346 e. The molecule has 8 heteroatoms. The summed E-state index contributed by atoms with van der Waals surface area (Å²) in [7, 11) is 0. The number of amides is 1. The molecule has 2 aromatic rings. The van der Waals surface area contributed by atoms with Crippen LogP contribution in [0.25, 0.3) is 0 Å². The van der Waals surface area contributed by atoms with Crippen LogP contribution in [0.2, 0.25) is 0 Å². The molecule has 2 nitrogen and oxygen atoms in total. The van der Waals surface area contributed by atoms with E-state index < -0.39 is 40.8 Å². The summed E-state index contributed by atoms with van der Waals surface area (Å²) in [5.74, 6) is -1.64. The number of alkyl halides is 3. The lowest BCUT2D eigenvalue weighted by atomic mass is 10.0. The Morgan fingerprint density at radius 3 is 1.77 bits per heavy atom. The number of carbonyl (C=O) groups excluding carboxylic acids is 1. The lowest BCUT2D eigenvalue weighted by molar-refractivity contribution is -0.137. The number of thioether (sulfide) groups is 1. The third kappa shape index (κ3) is 6.01. The van der Waals surface area contributed by atoms with Crippen LogP contribution in [0.1, 0.15) is 23.3 Å². The molecule has 0 bridgehead atoms. The zero-order chi connectivity index (χ0) is 19.3. The molecule has 1 amide bonds. The van der Waals surface area contributed by atoms with E-state index in [4.69, 9.17) is 0 Å². The first-order valence-corrected chi connectivity index (χ1v) is 8.61. The van der Waals surface area contributed by atoms with Crippen molar-refractivity contribution in [1.29, 1.82) is 0 Å². The van der Waals surface area contributed by atoms with Crippen LogP contribution in [0.4, 0.5) is 22.0 Å². The van der Waals surface area contributed by atoms with Gasteiger partial charge in [-0.1, -0.05) is 24.3 Å². The Balaban J connectivity index is 2.19. The Kier molecular flexibility index (Phi) is 6.63. The van der Waals surface area contributed by atoms with Gasteiger partial charge < -0.3 is 5.32 Å². The van der Waals surface area contributed by atoms with Crippen LogP contribution in [0.3, 0.4) is 0 Å². The molecule has 0 fully saturated rings. The Hall–Kier alpha value is -2.09. The number of nitrogens with one attached hydrogen (secondary N) is 1. The van der Waals surface area contributed by atoms with E-state index in [1.165, 1.54) is 55.5 Å². The molecule has 26 heavy (non-hydrogen) atoms. The lowest BCUT2D eigenvalue weighted by Crippen LogP contribution is -2.38. The number of carbonyl (C=O) groups is 1. The van der Waals surface area contributed by atoms with E-state index in [-0.39, 0.29) is 0 Å². The average Bonchev–Trinajstić information content (AvgIpc) is 2.58. The highest BCUT2D eigenvalue weighted by Crippen LogP contribution is 2.38. The second-order valence-electron chi connectivity index (χ2n) is 5.59.